The number of carbonyl (C=O) groups excluding carboxylic acids is 1. The van der Waals surface area contributed by atoms with Crippen molar-refractivity contribution in [2.75, 3.05) is 18.0 Å². The summed E-state index contributed by atoms with van der Waals surface area (Å²) in [7, 11) is 0. The van der Waals surface area contributed by atoms with Gasteiger partial charge in [0, 0.05) is 18.3 Å². The number of nitrogens with one attached hydrogen (secondary N) is 1. The number of hydrogen-bond donors (Lipinski definition) is 1. The van der Waals surface area contributed by atoms with Gasteiger partial charge in [-0.05, 0) is 25.0 Å². The van der Waals surface area contributed by atoms with Gasteiger partial charge in [0.2, 0.25) is 5.91 Å². The summed E-state index contributed by atoms with van der Waals surface area (Å²) in [6.07, 6.45) is 2.28. The number of para-hydroxylation sites is 1. The van der Waals surface area contributed by atoms with E-state index in [-0.39, 0.29) is 11.9 Å². The summed E-state index contributed by atoms with van der Waals surface area (Å²) >= 11 is 0. The first-order chi connectivity index (χ1) is 9.71. The van der Waals surface area contributed by atoms with E-state index in [2.05, 4.69) is 25.2 Å². The van der Waals surface area contributed by atoms with Crippen LogP contribution >= 0.6 is 0 Å². The number of anilines is 1. The van der Waals surface area contributed by atoms with Crippen molar-refractivity contribution in [2.45, 2.75) is 39.2 Å². The number of carbonyl (C=O) groups is 1. The van der Waals surface area contributed by atoms with Crippen LogP contribution in [0.15, 0.2) is 30.3 Å². The molecule has 0 saturated carbocycles. The van der Waals surface area contributed by atoms with Crippen LogP contribution in [0.5, 0.6) is 0 Å². The zero-order valence-corrected chi connectivity index (χ0v) is 12.3. The molecule has 1 aromatic carbocycles. The molecule has 20 heavy (non-hydrogen) atoms. The Labute approximate surface area is 121 Å². The highest BCUT2D eigenvalue weighted by Crippen LogP contribution is 2.13. The average Bonchev–Trinajstić information content (AvgIpc) is 2.49. The Bertz CT molecular complexity index is 435. The Morgan fingerprint density at radius 1 is 1.30 bits per heavy atom. The van der Waals surface area contributed by atoms with Gasteiger partial charge in [0.05, 0.1) is 19.0 Å². The third kappa shape index (κ3) is 5.31. The molecule has 0 radical (unpaired) electrons. The third-order valence-corrected chi connectivity index (χ3v) is 3.30. The van der Waals surface area contributed by atoms with E-state index < -0.39 is 0 Å². The van der Waals surface area contributed by atoms with E-state index in [1.54, 1.807) is 0 Å². The van der Waals surface area contributed by atoms with Crippen molar-refractivity contribution in [1.29, 1.82) is 5.26 Å². The molecule has 0 saturated heterocycles. The molecule has 0 aliphatic rings. The maximum absolute atomic E-state index is 12.1. The molecule has 0 unspecified atom stereocenters. The van der Waals surface area contributed by atoms with E-state index in [0.717, 1.165) is 18.5 Å². The minimum atomic E-state index is 0.0143. The zero-order chi connectivity index (χ0) is 14.8. The predicted molar refractivity (Wildman–Crippen MR) is 81.4 cm³/mol. The first-order valence-electron chi connectivity index (χ1n) is 7.17. The van der Waals surface area contributed by atoms with Crippen molar-refractivity contribution in [1.82, 2.24) is 5.32 Å². The molecule has 0 spiro atoms. The van der Waals surface area contributed by atoms with Gasteiger partial charge in [-0.2, -0.15) is 5.26 Å². The van der Waals surface area contributed by atoms with E-state index in [4.69, 9.17) is 5.26 Å². The largest absolute Gasteiger partial charge is 0.361 e. The monoisotopic (exact) mass is 273 g/mol. The van der Waals surface area contributed by atoms with E-state index in [9.17, 15) is 4.79 Å². The van der Waals surface area contributed by atoms with Gasteiger partial charge in [0.1, 0.15) is 0 Å². The predicted octanol–water partition coefficient (Wildman–Crippen LogP) is 2.71. The fourth-order valence-corrected chi connectivity index (χ4v) is 2.06. The lowest BCUT2D eigenvalue weighted by Crippen LogP contribution is -2.42. The molecule has 1 N–H and O–H groups in total. The number of benzene rings is 1. The summed E-state index contributed by atoms with van der Waals surface area (Å²) in [6, 6.07) is 12.1. The molecule has 108 valence electrons. The van der Waals surface area contributed by atoms with Crippen LogP contribution in [-0.2, 0) is 4.79 Å². The van der Waals surface area contributed by atoms with Gasteiger partial charge in [0.15, 0.2) is 0 Å². The molecule has 0 atom stereocenters. The first kappa shape index (κ1) is 16.0. The Hall–Kier alpha value is -2.02. The maximum Gasteiger partial charge on any atom is 0.239 e. The van der Waals surface area contributed by atoms with Crippen LogP contribution in [0.1, 0.15) is 33.1 Å². The highest BCUT2D eigenvalue weighted by atomic mass is 16.2. The Morgan fingerprint density at radius 3 is 2.50 bits per heavy atom. The topological polar surface area (TPSA) is 56.1 Å². The van der Waals surface area contributed by atoms with Crippen LogP contribution in [0.25, 0.3) is 0 Å². The summed E-state index contributed by atoms with van der Waals surface area (Å²) < 4.78 is 0. The van der Waals surface area contributed by atoms with Crippen molar-refractivity contribution >= 4 is 11.6 Å². The van der Waals surface area contributed by atoms with Crippen molar-refractivity contribution in [3.8, 4) is 6.07 Å². The molecule has 0 fully saturated rings. The molecular weight excluding hydrogens is 250 g/mol. The van der Waals surface area contributed by atoms with Crippen LogP contribution in [-0.4, -0.2) is 25.0 Å². The van der Waals surface area contributed by atoms with Crippen LogP contribution < -0.4 is 10.2 Å². The number of rotatable bonds is 8. The van der Waals surface area contributed by atoms with Crippen molar-refractivity contribution in [3.63, 3.8) is 0 Å². The highest BCUT2D eigenvalue weighted by molar-refractivity contribution is 5.81. The third-order valence-electron chi connectivity index (χ3n) is 3.30. The summed E-state index contributed by atoms with van der Waals surface area (Å²) in [5, 5.41) is 11.8. The molecular formula is C16H23N3O. The normalized spacial score (nSPS) is 10.1. The summed E-state index contributed by atoms with van der Waals surface area (Å²) in [6.45, 7) is 5.00. The lowest BCUT2D eigenvalue weighted by molar-refractivity contribution is -0.120. The van der Waals surface area contributed by atoms with Gasteiger partial charge >= 0.3 is 0 Å². The number of nitriles is 1. The second-order valence-corrected chi connectivity index (χ2v) is 4.75. The molecule has 4 heteroatoms. The fourth-order valence-electron chi connectivity index (χ4n) is 2.06. The van der Waals surface area contributed by atoms with Crippen LogP contribution in [0, 0.1) is 11.3 Å². The number of amides is 1. The highest BCUT2D eigenvalue weighted by Gasteiger charge is 2.13. The molecule has 1 rings (SSSR count). The van der Waals surface area contributed by atoms with Crippen LogP contribution in [0.2, 0.25) is 0 Å². The smallest absolute Gasteiger partial charge is 0.239 e. The van der Waals surface area contributed by atoms with Crippen LogP contribution in [0.4, 0.5) is 5.69 Å². The van der Waals surface area contributed by atoms with E-state index >= 15 is 0 Å². The van der Waals surface area contributed by atoms with Crippen molar-refractivity contribution in [2.24, 2.45) is 0 Å². The standard InChI is InChI=1S/C16H23N3O/c1-3-14(4-2)18-16(20)13-19(12-8-11-17)15-9-6-5-7-10-15/h5-7,9-10,14H,3-4,8,12-13H2,1-2H3,(H,18,20). The number of nitrogens with zero attached hydrogens (tertiary/aromatic N) is 2. The Kier molecular flexibility index (Phi) is 7.20. The second-order valence-electron chi connectivity index (χ2n) is 4.75. The van der Waals surface area contributed by atoms with Gasteiger partial charge < -0.3 is 10.2 Å². The molecule has 0 bridgehead atoms. The summed E-state index contributed by atoms with van der Waals surface area (Å²) in [5.74, 6) is 0.0143. The fraction of sp³-hybridized carbons (Fsp3) is 0.500. The second kappa shape index (κ2) is 8.98. The minimum Gasteiger partial charge on any atom is -0.361 e. The lowest BCUT2D eigenvalue weighted by atomic mass is 10.2. The molecule has 0 heterocycles. The molecule has 4 nitrogen and oxygen atoms in total. The molecule has 0 aliphatic carbocycles. The number of hydrogen-bond acceptors (Lipinski definition) is 3. The Balaban J connectivity index is 2.66. The van der Waals surface area contributed by atoms with E-state index in [0.29, 0.717) is 19.5 Å². The lowest BCUT2D eigenvalue weighted by Gasteiger charge is -2.24. The van der Waals surface area contributed by atoms with E-state index in [1.807, 2.05) is 35.2 Å². The maximum atomic E-state index is 12.1. The van der Waals surface area contributed by atoms with Gasteiger partial charge in [-0.25, -0.2) is 0 Å². The zero-order valence-electron chi connectivity index (χ0n) is 12.3. The first-order valence-corrected chi connectivity index (χ1v) is 7.17. The van der Waals surface area contributed by atoms with Gasteiger partial charge in [-0.3, -0.25) is 4.79 Å². The van der Waals surface area contributed by atoms with Crippen molar-refractivity contribution < 1.29 is 4.79 Å². The molecule has 1 aromatic rings. The molecule has 0 aliphatic heterocycles. The average molecular weight is 273 g/mol. The summed E-state index contributed by atoms with van der Waals surface area (Å²) in [4.78, 5) is 14.0. The summed E-state index contributed by atoms with van der Waals surface area (Å²) in [5.41, 5.74) is 0.974. The van der Waals surface area contributed by atoms with Crippen LogP contribution in [0.3, 0.4) is 0 Å². The molecule has 0 aromatic heterocycles. The quantitative estimate of drug-likeness (QED) is 0.792. The van der Waals surface area contributed by atoms with Gasteiger partial charge in [-0.15, -0.1) is 0 Å². The van der Waals surface area contributed by atoms with Gasteiger partial charge in [0.25, 0.3) is 0 Å². The van der Waals surface area contributed by atoms with Crippen molar-refractivity contribution in [3.05, 3.63) is 30.3 Å². The van der Waals surface area contributed by atoms with E-state index in [1.165, 1.54) is 0 Å². The Morgan fingerprint density at radius 2 is 1.95 bits per heavy atom. The minimum absolute atomic E-state index is 0.0143. The molecule has 1 amide bonds. The van der Waals surface area contributed by atoms with Gasteiger partial charge in [-0.1, -0.05) is 32.0 Å². The SMILES string of the molecule is CCC(CC)NC(=O)CN(CCC#N)c1ccccc1.